The van der Waals surface area contributed by atoms with Crippen molar-refractivity contribution in [3.05, 3.63) is 58.6 Å². The van der Waals surface area contributed by atoms with Crippen LogP contribution < -0.4 is 5.32 Å². The number of esters is 1. The van der Waals surface area contributed by atoms with Crippen molar-refractivity contribution >= 4 is 39.2 Å². The summed E-state index contributed by atoms with van der Waals surface area (Å²) in [6.45, 7) is 0.0841. The Morgan fingerprint density at radius 1 is 1.06 bits per heavy atom. The van der Waals surface area contributed by atoms with Gasteiger partial charge in [-0.25, -0.2) is 8.42 Å². The topological polar surface area (TPSA) is 92.8 Å². The SMILES string of the molecule is O=C(COC(=O)C1CCN(S(=O)(=O)c2ccc3c(c2)CCC3)CC1)Nc1cccc(Cl)c1. The number of piperidine rings is 1. The van der Waals surface area contributed by atoms with E-state index in [4.69, 9.17) is 16.3 Å². The Hall–Kier alpha value is -2.42. The zero-order valence-corrected chi connectivity index (χ0v) is 19.1. The van der Waals surface area contributed by atoms with Gasteiger partial charge >= 0.3 is 5.97 Å². The van der Waals surface area contributed by atoms with Gasteiger partial charge in [0.05, 0.1) is 10.8 Å². The highest BCUT2D eigenvalue weighted by Gasteiger charge is 2.33. The van der Waals surface area contributed by atoms with Gasteiger partial charge < -0.3 is 10.1 Å². The van der Waals surface area contributed by atoms with E-state index in [2.05, 4.69) is 5.32 Å². The molecule has 9 heteroatoms. The van der Waals surface area contributed by atoms with Gasteiger partial charge in [0.2, 0.25) is 10.0 Å². The number of amides is 1. The van der Waals surface area contributed by atoms with Gasteiger partial charge in [0.15, 0.2) is 6.61 Å². The quantitative estimate of drug-likeness (QED) is 0.645. The van der Waals surface area contributed by atoms with Crippen molar-refractivity contribution < 1.29 is 22.7 Å². The number of fused-ring (bicyclic) bond motifs is 1. The van der Waals surface area contributed by atoms with Crippen molar-refractivity contribution in [1.82, 2.24) is 4.31 Å². The highest BCUT2D eigenvalue weighted by molar-refractivity contribution is 7.89. The van der Waals surface area contributed by atoms with E-state index in [1.165, 1.54) is 9.87 Å². The highest BCUT2D eigenvalue weighted by Crippen LogP contribution is 2.29. The smallest absolute Gasteiger partial charge is 0.309 e. The van der Waals surface area contributed by atoms with Gasteiger partial charge in [-0.3, -0.25) is 9.59 Å². The van der Waals surface area contributed by atoms with Gasteiger partial charge in [-0.2, -0.15) is 4.31 Å². The van der Waals surface area contributed by atoms with Crippen molar-refractivity contribution in [3.8, 4) is 0 Å². The van der Waals surface area contributed by atoms with Crippen LogP contribution in [0.5, 0.6) is 0 Å². The molecule has 0 aromatic heterocycles. The molecule has 32 heavy (non-hydrogen) atoms. The Labute approximate surface area is 192 Å². The van der Waals surface area contributed by atoms with E-state index in [1.807, 2.05) is 6.07 Å². The number of halogens is 1. The first-order valence-electron chi connectivity index (χ1n) is 10.7. The molecule has 1 N–H and O–H groups in total. The lowest BCUT2D eigenvalue weighted by Crippen LogP contribution is -2.41. The van der Waals surface area contributed by atoms with E-state index in [0.717, 1.165) is 24.8 Å². The highest BCUT2D eigenvalue weighted by atomic mass is 35.5. The van der Waals surface area contributed by atoms with E-state index in [-0.39, 0.29) is 13.1 Å². The third-order valence-electron chi connectivity index (χ3n) is 5.95. The van der Waals surface area contributed by atoms with Crippen LogP contribution in [-0.4, -0.2) is 44.3 Å². The number of hydrogen-bond acceptors (Lipinski definition) is 5. The van der Waals surface area contributed by atoms with Crippen molar-refractivity contribution in [2.24, 2.45) is 5.92 Å². The maximum Gasteiger partial charge on any atom is 0.309 e. The van der Waals surface area contributed by atoms with Gasteiger partial charge in [-0.15, -0.1) is 0 Å². The number of benzene rings is 2. The molecule has 1 fully saturated rings. The number of ether oxygens (including phenoxy) is 1. The zero-order chi connectivity index (χ0) is 22.7. The standard InChI is InChI=1S/C23H25ClN2O5S/c24-19-5-2-6-20(14-19)25-22(27)15-31-23(28)17-9-11-26(12-10-17)32(29,30)21-8-7-16-3-1-4-18(16)13-21/h2,5-8,13-14,17H,1,3-4,9-12,15H2,(H,25,27). The number of carbonyl (C=O) groups excluding carboxylic acids is 2. The third-order valence-corrected chi connectivity index (χ3v) is 8.08. The maximum absolute atomic E-state index is 13.0. The van der Waals surface area contributed by atoms with Crippen LogP contribution in [0, 0.1) is 5.92 Å². The van der Waals surface area contributed by atoms with Crippen LogP contribution in [0.25, 0.3) is 0 Å². The lowest BCUT2D eigenvalue weighted by Gasteiger charge is -2.30. The first-order valence-corrected chi connectivity index (χ1v) is 12.5. The molecule has 0 saturated carbocycles. The van der Waals surface area contributed by atoms with Gasteiger partial charge in [-0.05, 0) is 73.6 Å². The molecule has 1 aliphatic heterocycles. The van der Waals surface area contributed by atoms with E-state index < -0.39 is 34.4 Å². The molecule has 4 rings (SSSR count). The van der Waals surface area contributed by atoms with Gasteiger partial charge in [0, 0.05) is 23.8 Å². The third kappa shape index (κ3) is 5.14. The molecule has 2 aromatic rings. The lowest BCUT2D eigenvalue weighted by molar-refractivity contribution is -0.152. The second kappa shape index (κ2) is 9.60. The second-order valence-electron chi connectivity index (χ2n) is 8.13. The summed E-state index contributed by atoms with van der Waals surface area (Å²) in [5.74, 6) is -1.38. The largest absolute Gasteiger partial charge is 0.455 e. The summed E-state index contributed by atoms with van der Waals surface area (Å²) in [5, 5.41) is 3.10. The van der Waals surface area contributed by atoms with Crippen LogP contribution in [0.1, 0.15) is 30.4 Å². The fraction of sp³-hybridized carbons (Fsp3) is 0.391. The molecule has 2 aliphatic rings. The number of sulfonamides is 1. The van der Waals surface area contributed by atoms with E-state index in [1.54, 1.807) is 36.4 Å². The first kappa shape index (κ1) is 22.8. The molecule has 170 valence electrons. The summed E-state index contributed by atoms with van der Waals surface area (Å²) in [6.07, 6.45) is 3.69. The Kier molecular flexibility index (Phi) is 6.83. The van der Waals surface area contributed by atoms with Crippen LogP contribution in [0.15, 0.2) is 47.4 Å². The van der Waals surface area contributed by atoms with Crippen LogP contribution >= 0.6 is 11.6 Å². The van der Waals surface area contributed by atoms with Crippen molar-refractivity contribution in [3.63, 3.8) is 0 Å². The summed E-state index contributed by atoms with van der Waals surface area (Å²) < 4.78 is 32.6. The Morgan fingerprint density at radius 2 is 1.81 bits per heavy atom. The monoisotopic (exact) mass is 476 g/mol. The fourth-order valence-electron chi connectivity index (χ4n) is 4.21. The molecule has 1 amide bonds. The van der Waals surface area contributed by atoms with Gasteiger partial charge in [0.25, 0.3) is 5.91 Å². The summed E-state index contributed by atoms with van der Waals surface area (Å²) >= 11 is 5.88. The van der Waals surface area contributed by atoms with Crippen LogP contribution in [-0.2, 0) is 37.2 Å². The van der Waals surface area contributed by atoms with Gasteiger partial charge in [-0.1, -0.05) is 23.7 Å². The number of carbonyl (C=O) groups is 2. The predicted molar refractivity (Wildman–Crippen MR) is 121 cm³/mol. The normalized spacial score (nSPS) is 17.0. The molecule has 2 aromatic carbocycles. The summed E-state index contributed by atoms with van der Waals surface area (Å²) in [5.41, 5.74) is 2.86. The number of anilines is 1. The molecule has 1 heterocycles. The minimum Gasteiger partial charge on any atom is -0.455 e. The molecule has 1 saturated heterocycles. The maximum atomic E-state index is 13.0. The Morgan fingerprint density at radius 3 is 2.56 bits per heavy atom. The molecular weight excluding hydrogens is 452 g/mol. The molecule has 0 atom stereocenters. The predicted octanol–water partition coefficient (Wildman–Crippen LogP) is 3.41. The van der Waals surface area contributed by atoms with Gasteiger partial charge in [0.1, 0.15) is 0 Å². The summed E-state index contributed by atoms with van der Waals surface area (Å²) in [7, 11) is -3.59. The molecular formula is C23H25ClN2O5S. The molecule has 1 aliphatic carbocycles. The first-order chi connectivity index (χ1) is 15.3. The van der Waals surface area contributed by atoms with Crippen LogP contribution in [0.3, 0.4) is 0 Å². The molecule has 0 spiro atoms. The van der Waals surface area contributed by atoms with Crippen molar-refractivity contribution in [2.75, 3.05) is 25.0 Å². The van der Waals surface area contributed by atoms with Crippen LogP contribution in [0.2, 0.25) is 5.02 Å². The summed E-state index contributed by atoms with van der Waals surface area (Å²) in [6, 6.07) is 12.0. The number of hydrogen-bond donors (Lipinski definition) is 1. The fourth-order valence-corrected chi connectivity index (χ4v) is 5.92. The Bertz CT molecular complexity index is 1130. The molecule has 0 unspecified atom stereocenters. The number of nitrogens with zero attached hydrogens (tertiary/aromatic N) is 1. The molecule has 7 nitrogen and oxygen atoms in total. The average molecular weight is 477 g/mol. The zero-order valence-electron chi connectivity index (χ0n) is 17.6. The molecule has 0 bridgehead atoms. The number of aryl methyl sites for hydroxylation is 2. The van der Waals surface area contributed by atoms with E-state index in [9.17, 15) is 18.0 Å². The number of rotatable bonds is 6. The lowest BCUT2D eigenvalue weighted by atomic mass is 9.98. The van der Waals surface area contributed by atoms with Crippen molar-refractivity contribution in [1.29, 1.82) is 0 Å². The molecule has 0 radical (unpaired) electrons. The second-order valence-corrected chi connectivity index (χ2v) is 10.5. The van der Waals surface area contributed by atoms with E-state index >= 15 is 0 Å². The number of nitrogens with one attached hydrogen (secondary N) is 1. The average Bonchev–Trinajstić information content (AvgIpc) is 3.25. The van der Waals surface area contributed by atoms with Crippen LogP contribution in [0.4, 0.5) is 5.69 Å². The Balaban J connectivity index is 1.27. The summed E-state index contributed by atoms with van der Waals surface area (Å²) in [4.78, 5) is 24.7. The van der Waals surface area contributed by atoms with E-state index in [0.29, 0.717) is 28.4 Å². The minimum absolute atomic E-state index is 0.244. The minimum atomic E-state index is -3.59. The van der Waals surface area contributed by atoms with Crippen molar-refractivity contribution in [2.45, 2.75) is 37.0 Å².